The molecule has 1 N–H and O–H groups in total. The Morgan fingerprint density at radius 1 is 1.37 bits per heavy atom. The summed E-state index contributed by atoms with van der Waals surface area (Å²) in [6, 6.07) is 8.39. The quantitative estimate of drug-likeness (QED) is 0.754. The lowest BCUT2D eigenvalue weighted by Crippen LogP contribution is -2.34. The Bertz CT molecular complexity index is 849. The number of ether oxygens (including phenoxy) is 1. The highest BCUT2D eigenvalue weighted by atomic mass is 35.5. The van der Waals surface area contributed by atoms with Crippen LogP contribution in [-0.2, 0) is 20.7 Å². The summed E-state index contributed by atoms with van der Waals surface area (Å²) in [5, 5.41) is 6.97. The second-order valence-electron chi connectivity index (χ2n) is 6.09. The van der Waals surface area contributed by atoms with Crippen LogP contribution in [0.15, 0.2) is 34.9 Å². The molecule has 1 unspecified atom stereocenters. The van der Waals surface area contributed by atoms with Crippen LogP contribution in [0.5, 0.6) is 0 Å². The summed E-state index contributed by atoms with van der Waals surface area (Å²) < 4.78 is 9.57. The van der Waals surface area contributed by atoms with Gasteiger partial charge in [0.1, 0.15) is 5.76 Å². The lowest BCUT2D eigenvalue weighted by molar-refractivity contribution is -0.126. The molecule has 2 heterocycles. The van der Waals surface area contributed by atoms with E-state index in [4.69, 9.17) is 16.1 Å². The van der Waals surface area contributed by atoms with Crippen molar-refractivity contribution in [2.24, 2.45) is 5.92 Å². The summed E-state index contributed by atoms with van der Waals surface area (Å²) in [6.45, 7) is 0.626. The second kappa shape index (κ2) is 8.22. The highest BCUT2D eigenvalue weighted by molar-refractivity contribution is 6.30. The van der Waals surface area contributed by atoms with Crippen LogP contribution < -0.4 is 10.2 Å². The van der Waals surface area contributed by atoms with Gasteiger partial charge in [0.05, 0.1) is 13.0 Å². The first-order valence-electron chi connectivity index (χ1n) is 8.35. The first-order valence-corrected chi connectivity index (χ1v) is 8.73. The van der Waals surface area contributed by atoms with Crippen LogP contribution in [-0.4, -0.2) is 43.1 Å². The molecule has 0 radical (unpaired) electrons. The van der Waals surface area contributed by atoms with Crippen molar-refractivity contribution in [1.29, 1.82) is 0 Å². The Kier molecular flexibility index (Phi) is 5.75. The van der Waals surface area contributed by atoms with Crippen LogP contribution in [0.1, 0.15) is 22.7 Å². The summed E-state index contributed by atoms with van der Waals surface area (Å²) >= 11 is 5.86. The molecule has 0 saturated carbocycles. The van der Waals surface area contributed by atoms with Crippen LogP contribution in [0.4, 0.5) is 5.69 Å². The molecule has 9 heteroatoms. The van der Waals surface area contributed by atoms with Crippen LogP contribution in [0.3, 0.4) is 0 Å². The number of hydrogen-bond acceptors (Lipinski definition) is 6. The largest absolute Gasteiger partial charge is 0.464 e. The van der Waals surface area contributed by atoms with Gasteiger partial charge in [0.15, 0.2) is 5.69 Å². The number of halogens is 1. The normalized spacial score (nSPS) is 16.4. The van der Waals surface area contributed by atoms with Gasteiger partial charge in [-0.2, -0.15) is 0 Å². The summed E-state index contributed by atoms with van der Waals surface area (Å²) in [4.78, 5) is 37.5. The van der Waals surface area contributed by atoms with Crippen LogP contribution in [0.25, 0.3) is 0 Å². The lowest BCUT2D eigenvalue weighted by Gasteiger charge is -2.16. The standard InChI is InChI=1S/C18H18ClN3O5/c1-26-18(25)15-9-14(27-21-15)6-7-20-17(24)11-8-16(23)22(10-11)13-4-2-12(19)3-5-13/h2-5,9,11H,6-8,10H2,1H3,(H,20,24). The average Bonchev–Trinajstić information content (AvgIpc) is 3.29. The van der Waals surface area contributed by atoms with E-state index in [9.17, 15) is 14.4 Å². The first-order chi connectivity index (χ1) is 13.0. The van der Waals surface area contributed by atoms with Crippen molar-refractivity contribution in [2.45, 2.75) is 12.8 Å². The van der Waals surface area contributed by atoms with Crippen molar-refractivity contribution in [1.82, 2.24) is 10.5 Å². The number of nitrogens with zero attached hydrogens (tertiary/aromatic N) is 2. The molecular weight excluding hydrogens is 374 g/mol. The zero-order chi connectivity index (χ0) is 19.4. The van der Waals surface area contributed by atoms with E-state index in [1.807, 2.05) is 0 Å². The average molecular weight is 392 g/mol. The predicted octanol–water partition coefficient (Wildman–Crippen LogP) is 1.83. The molecule has 1 aromatic heterocycles. The SMILES string of the molecule is COC(=O)c1cc(CCNC(=O)C2CC(=O)N(c3ccc(Cl)cc3)C2)on1. The van der Waals surface area contributed by atoms with E-state index < -0.39 is 11.9 Å². The third-order valence-electron chi connectivity index (χ3n) is 4.26. The number of rotatable bonds is 6. The number of hydrogen-bond donors (Lipinski definition) is 1. The van der Waals surface area contributed by atoms with Gasteiger partial charge in [-0.3, -0.25) is 9.59 Å². The molecule has 2 amide bonds. The smallest absolute Gasteiger partial charge is 0.360 e. The van der Waals surface area contributed by atoms with E-state index in [1.54, 1.807) is 29.2 Å². The van der Waals surface area contributed by atoms with Gasteiger partial charge >= 0.3 is 5.97 Å². The maximum Gasteiger partial charge on any atom is 0.360 e. The molecule has 8 nitrogen and oxygen atoms in total. The summed E-state index contributed by atoms with van der Waals surface area (Å²) in [5.74, 6) is -0.849. The van der Waals surface area contributed by atoms with Crippen molar-refractivity contribution in [3.63, 3.8) is 0 Å². The van der Waals surface area contributed by atoms with Gasteiger partial charge in [-0.25, -0.2) is 4.79 Å². The highest BCUT2D eigenvalue weighted by Gasteiger charge is 2.34. The van der Waals surface area contributed by atoms with Crippen LogP contribution >= 0.6 is 11.6 Å². The Labute approximate surface area is 160 Å². The van der Waals surface area contributed by atoms with E-state index >= 15 is 0 Å². The van der Waals surface area contributed by atoms with Crippen molar-refractivity contribution in [3.05, 3.63) is 46.8 Å². The monoisotopic (exact) mass is 391 g/mol. The number of aromatic nitrogens is 1. The predicted molar refractivity (Wildman–Crippen MR) is 96.5 cm³/mol. The van der Waals surface area contributed by atoms with Crippen molar-refractivity contribution >= 4 is 35.1 Å². The fraction of sp³-hybridized carbons (Fsp3) is 0.333. The van der Waals surface area contributed by atoms with E-state index in [-0.39, 0.29) is 23.9 Å². The van der Waals surface area contributed by atoms with Gasteiger partial charge in [-0.1, -0.05) is 16.8 Å². The summed E-state index contributed by atoms with van der Waals surface area (Å²) in [6.07, 6.45) is 0.528. The molecule has 27 heavy (non-hydrogen) atoms. The number of nitrogens with one attached hydrogen (secondary N) is 1. The Morgan fingerprint density at radius 2 is 2.11 bits per heavy atom. The number of esters is 1. The Morgan fingerprint density at radius 3 is 2.81 bits per heavy atom. The van der Waals surface area contributed by atoms with Crippen molar-refractivity contribution in [3.8, 4) is 0 Å². The topological polar surface area (TPSA) is 102 Å². The summed E-state index contributed by atoms with van der Waals surface area (Å²) in [5.41, 5.74) is 0.801. The summed E-state index contributed by atoms with van der Waals surface area (Å²) in [7, 11) is 1.26. The minimum atomic E-state index is -0.583. The van der Waals surface area contributed by atoms with Gasteiger partial charge in [-0.15, -0.1) is 0 Å². The van der Waals surface area contributed by atoms with Crippen LogP contribution in [0.2, 0.25) is 5.02 Å². The number of carbonyl (C=O) groups excluding carboxylic acids is 3. The lowest BCUT2D eigenvalue weighted by atomic mass is 10.1. The molecule has 1 aliphatic rings. The van der Waals surface area contributed by atoms with Crippen molar-refractivity contribution < 1.29 is 23.6 Å². The number of methoxy groups -OCH3 is 1. The molecular formula is C18H18ClN3O5. The number of benzene rings is 1. The number of anilines is 1. The van der Waals surface area contributed by atoms with Gasteiger partial charge in [0, 0.05) is 42.7 Å². The minimum Gasteiger partial charge on any atom is -0.464 e. The fourth-order valence-corrected chi connectivity index (χ4v) is 2.96. The molecule has 1 fully saturated rings. The van der Waals surface area contributed by atoms with Gasteiger partial charge < -0.3 is 19.5 Å². The van der Waals surface area contributed by atoms with E-state index in [0.717, 1.165) is 5.69 Å². The van der Waals surface area contributed by atoms with Gasteiger partial charge in [0.25, 0.3) is 0 Å². The zero-order valence-corrected chi connectivity index (χ0v) is 15.4. The third kappa shape index (κ3) is 4.46. The van der Waals surface area contributed by atoms with E-state index in [2.05, 4.69) is 15.2 Å². The van der Waals surface area contributed by atoms with Crippen molar-refractivity contribution in [2.75, 3.05) is 25.1 Å². The second-order valence-corrected chi connectivity index (χ2v) is 6.53. The highest BCUT2D eigenvalue weighted by Crippen LogP contribution is 2.26. The zero-order valence-electron chi connectivity index (χ0n) is 14.6. The molecule has 3 rings (SSSR count). The molecule has 1 saturated heterocycles. The minimum absolute atomic E-state index is 0.0822. The molecule has 0 aliphatic carbocycles. The number of carbonyl (C=O) groups is 3. The first kappa shape index (κ1) is 18.9. The molecule has 0 spiro atoms. The molecule has 1 atom stereocenters. The maximum atomic E-state index is 12.3. The van der Waals surface area contributed by atoms with E-state index in [0.29, 0.717) is 30.3 Å². The maximum absolute atomic E-state index is 12.3. The molecule has 2 aromatic rings. The Hall–Kier alpha value is -2.87. The Balaban J connectivity index is 1.50. The molecule has 1 aliphatic heterocycles. The molecule has 1 aromatic carbocycles. The van der Waals surface area contributed by atoms with E-state index in [1.165, 1.54) is 13.2 Å². The molecule has 142 valence electrons. The molecule has 0 bridgehead atoms. The number of amides is 2. The fourth-order valence-electron chi connectivity index (χ4n) is 2.84. The van der Waals surface area contributed by atoms with Gasteiger partial charge in [-0.05, 0) is 24.3 Å². The van der Waals surface area contributed by atoms with Gasteiger partial charge in [0.2, 0.25) is 11.8 Å². The van der Waals surface area contributed by atoms with Crippen LogP contribution in [0, 0.1) is 5.92 Å². The third-order valence-corrected chi connectivity index (χ3v) is 4.51.